The maximum absolute atomic E-state index is 6.44. The second-order valence-corrected chi connectivity index (χ2v) is 15.0. The van der Waals surface area contributed by atoms with Gasteiger partial charge in [-0.3, -0.25) is 0 Å². The van der Waals surface area contributed by atoms with Gasteiger partial charge in [0.05, 0.1) is 28.5 Å². The summed E-state index contributed by atoms with van der Waals surface area (Å²) < 4.78 is 8.86. The summed E-state index contributed by atoms with van der Waals surface area (Å²) in [5.41, 5.74) is 13.3. The minimum atomic E-state index is -0.198. The minimum Gasteiger partial charge on any atom is -0.436 e. The number of nitrogens with zero attached hydrogens (tertiary/aromatic N) is 6. The third-order valence-electron chi connectivity index (χ3n) is 11.7. The summed E-state index contributed by atoms with van der Waals surface area (Å²) >= 11 is 0. The molecule has 2 aliphatic rings. The first kappa shape index (κ1) is 33.3. The predicted octanol–water partition coefficient (Wildman–Crippen LogP) is 12.6. The molecular formula is C52H34N6O. The number of aromatic nitrogens is 5. The Morgan fingerprint density at radius 2 is 1.10 bits per heavy atom. The van der Waals surface area contributed by atoms with E-state index in [-0.39, 0.29) is 12.0 Å². The SMILES string of the molecule is C1=CC2c3ccccc3N(c3nc(-c4ccccc4)nc(-c4ccc(-c5ccccc5)cc4)n3)C2c2c1c1ccccc1n2-c1ccccc1-c1nc2ccccc2o1. The number of para-hydroxylation sites is 5. The van der Waals surface area contributed by atoms with Crippen molar-refractivity contribution in [3.63, 3.8) is 0 Å². The molecule has 0 spiro atoms. The number of rotatable bonds is 6. The lowest BCUT2D eigenvalue weighted by Gasteiger charge is -2.32. The van der Waals surface area contributed by atoms with Gasteiger partial charge in [0.25, 0.3) is 0 Å². The molecule has 59 heavy (non-hydrogen) atoms. The van der Waals surface area contributed by atoms with E-state index in [1.807, 2.05) is 48.5 Å². The zero-order chi connectivity index (χ0) is 38.9. The summed E-state index contributed by atoms with van der Waals surface area (Å²) in [6.45, 7) is 0. The van der Waals surface area contributed by atoms with Crippen LogP contribution in [-0.4, -0.2) is 24.5 Å². The standard InChI is InChI=1S/C52H34N6O/c1-3-15-33(16-4-1)34-27-29-36(30-28-34)50-54-49(35-17-5-2-6-18-35)55-52(56-50)58-44-24-12-8-20-38(44)40-32-31-39-37-19-7-11-23-43(37)57(47(39)48(40)58)45-25-13-9-21-41(45)51-53-42-22-10-14-26-46(42)59-51/h1-32,40,48H. The van der Waals surface area contributed by atoms with Crippen molar-refractivity contribution in [2.45, 2.75) is 12.0 Å². The maximum atomic E-state index is 6.44. The molecule has 0 radical (unpaired) electrons. The average Bonchev–Trinajstić information content (AvgIpc) is 4.00. The lowest BCUT2D eigenvalue weighted by molar-refractivity contribution is 0.615. The van der Waals surface area contributed by atoms with Crippen molar-refractivity contribution in [3.05, 3.63) is 205 Å². The highest BCUT2D eigenvalue weighted by Gasteiger charge is 2.45. The van der Waals surface area contributed by atoms with Gasteiger partial charge in [0.15, 0.2) is 17.2 Å². The second-order valence-electron chi connectivity index (χ2n) is 15.0. The van der Waals surface area contributed by atoms with Crippen LogP contribution in [0.1, 0.15) is 28.8 Å². The van der Waals surface area contributed by atoms with Gasteiger partial charge in [-0.05, 0) is 53.1 Å². The Bertz CT molecular complexity index is 3210. The van der Waals surface area contributed by atoms with Crippen molar-refractivity contribution in [1.29, 1.82) is 0 Å². The van der Waals surface area contributed by atoms with Gasteiger partial charge in [0.2, 0.25) is 11.8 Å². The molecule has 7 nitrogen and oxygen atoms in total. The molecule has 7 heteroatoms. The number of anilines is 2. The summed E-state index contributed by atoms with van der Waals surface area (Å²) in [4.78, 5) is 23.1. The summed E-state index contributed by atoms with van der Waals surface area (Å²) in [5.74, 6) is 2.42. The lowest BCUT2D eigenvalue weighted by atomic mass is 9.86. The predicted molar refractivity (Wildman–Crippen MR) is 236 cm³/mol. The molecule has 2 atom stereocenters. The third-order valence-corrected chi connectivity index (χ3v) is 11.7. The van der Waals surface area contributed by atoms with E-state index in [0.717, 1.165) is 61.5 Å². The number of benzene rings is 7. The van der Waals surface area contributed by atoms with Crippen molar-refractivity contribution in [2.75, 3.05) is 4.90 Å². The van der Waals surface area contributed by atoms with Crippen molar-refractivity contribution in [1.82, 2.24) is 24.5 Å². The monoisotopic (exact) mass is 758 g/mol. The van der Waals surface area contributed by atoms with E-state index >= 15 is 0 Å². The van der Waals surface area contributed by atoms with Crippen LogP contribution in [0.15, 0.2) is 192 Å². The van der Waals surface area contributed by atoms with Crippen LogP contribution in [0.5, 0.6) is 0 Å². The average molecular weight is 759 g/mol. The van der Waals surface area contributed by atoms with Crippen LogP contribution in [0.4, 0.5) is 11.6 Å². The highest BCUT2D eigenvalue weighted by Crippen LogP contribution is 2.57. The fourth-order valence-corrected chi connectivity index (χ4v) is 9.01. The number of fused-ring (bicyclic) bond motifs is 8. The topological polar surface area (TPSA) is 72.9 Å². The Morgan fingerprint density at radius 1 is 0.492 bits per heavy atom. The first-order chi connectivity index (χ1) is 29.3. The largest absolute Gasteiger partial charge is 0.436 e. The first-order valence-corrected chi connectivity index (χ1v) is 19.9. The molecule has 0 amide bonds. The van der Waals surface area contributed by atoms with Gasteiger partial charge in [0.1, 0.15) is 5.52 Å². The number of oxazole rings is 1. The first-order valence-electron chi connectivity index (χ1n) is 19.9. The van der Waals surface area contributed by atoms with Crippen LogP contribution < -0.4 is 4.90 Å². The smallest absolute Gasteiger partial charge is 0.234 e. The summed E-state index contributed by atoms with van der Waals surface area (Å²) in [5, 5.41) is 1.17. The van der Waals surface area contributed by atoms with E-state index in [9.17, 15) is 0 Å². The summed E-state index contributed by atoms with van der Waals surface area (Å²) in [6, 6.07) is 62.6. The molecule has 0 N–H and O–H groups in total. The number of hydrogen-bond donors (Lipinski definition) is 0. The maximum Gasteiger partial charge on any atom is 0.234 e. The highest BCUT2D eigenvalue weighted by molar-refractivity contribution is 5.96. The van der Waals surface area contributed by atoms with Gasteiger partial charge in [-0.2, -0.15) is 9.97 Å². The van der Waals surface area contributed by atoms with Crippen LogP contribution in [0.25, 0.3) is 79.1 Å². The molecule has 0 fully saturated rings. The minimum absolute atomic E-state index is 0.0174. The van der Waals surface area contributed by atoms with Crippen LogP contribution in [0.3, 0.4) is 0 Å². The van der Waals surface area contributed by atoms with E-state index in [1.54, 1.807) is 0 Å². The van der Waals surface area contributed by atoms with Gasteiger partial charge in [-0.25, -0.2) is 9.97 Å². The van der Waals surface area contributed by atoms with Gasteiger partial charge in [0, 0.05) is 33.7 Å². The molecule has 0 saturated heterocycles. The third kappa shape index (κ3) is 5.36. The van der Waals surface area contributed by atoms with Crippen LogP contribution in [0.2, 0.25) is 0 Å². The Hall–Kier alpha value is -7.90. The van der Waals surface area contributed by atoms with Gasteiger partial charge < -0.3 is 13.9 Å². The van der Waals surface area contributed by atoms with Crippen LogP contribution in [-0.2, 0) is 0 Å². The van der Waals surface area contributed by atoms with Crippen molar-refractivity contribution in [3.8, 4) is 51.0 Å². The Morgan fingerprint density at radius 3 is 1.90 bits per heavy atom. The summed E-state index contributed by atoms with van der Waals surface area (Å²) in [6.07, 6.45) is 4.66. The molecule has 4 heterocycles. The fraction of sp³-hybridized carbons (Fsp3) is 0.0385. The van der Waals surface area contributed by atoms with Crippen LogP contribution in [0, 0.1) is 0 Å². The molecule has 2 unspecified atom stereocenters. The Balaban J connectivity index is 1.09. The van der Waals surface area contributed by atoms with Gasteiger partial charge >= 0.3 is 0 Å². The lowest BCUT2D eigenvalue weighted by Crippen LogP contribution is -2.28. The molecule has 10 aromatic rings. The molecule has 0 saturated carbocycles. The van der Waals surface area contributed by atoms with Gasteiger partial charge in [-0.15, -0.1) is 0 Å². The Labute approximate surface area is 340 Å². The van der Waals surface area contributed by atoms with Crippen molar-refractivity contribution < 1.29 is 4.42 Å². The highest BCUT2D eigenvalue weighted by atomic mass is 16.3. The molecule has 1 aliphatic heterocycles. The van der Waals surface area contributed by atoms with Crippen molar-refractivity contribution >= 4 is 39.7 Å². The number of hydrogen-bond acceptors (Lipinski definition) is 6. The fourth-order valence-electron chi connectivity index (χ4n) is 9.01. The van der Waals surface area contributed by atoms with E-state index in [0.29, 0.717) is 23.5 Å². The normalized spacial score (nSPS) is 15.4. The molecule has 3 aromatic heterocycles. The quantitative estimate of drug-likeness (QED) is 0.168. The van der Waals surface area contributed by atoms with Crippen LogP contribution >= 0.6 is 0 Å². The zero-order valence-electron chi connectivity index (χ0n) is 31.7. The molecule has 1 aliphatic carbocycles. The molecule has 278 valence electrons. The molecule has 0 bridgehead atoms. The van der Waals surface area contributed by atoms with E-state index < -0.39 is 0 Å². The Kier molecular flexibility index (Phi) is 7.53. The van der Waals surface area contributed by atoms with Crippen molar-refractivity contribution in [2.24, 2.45) is 0 Å². The van der Waals surface area contributed by atoms with E-state index in [4.69, 9.17) is 24.4 Å². The van der Waals surface area contributed by atoms with Gasteiger partial charge in [-0.1, -0.05) is 158 Å². The summed E-state index contributed by atoms with van der Waals surface area (Å²) in [7, 11) is 0. The molecule has 12 rings (SSSR count). The zero-order valence-corrected chi connectivity index (χ0v) is 31.7. The second kappa shape index (κ2) is 13.4. The molecular weight excluding hydrogens is 725 g/mol. The van der Waals surface area contributed by atoms with E-state index in [2.05, 4.69) is 155 Å². The van der Waals surface area contributed by atoms with E-state index in [1.165, 1.54) is 16.5 Å². The molecule has 7 aromatic carbocycles.